The molecule has 0 radical (unpaired) electrons. The van der Waals surface area contributed by atoms with Crippen molar-refractivity contribution in [2.45, 2.75) is 89.4 Å². The number of fused-ring (bicyclic) bond motifs is 2. The normalized spacial score (nSPS) is 26.5. The Morgan fingerprint density at radius 3 is 2.56 bits per heavy atom. The van der Waals surface area contributed by atoms with Crippen LogP contribution in [0.25, 0.3) is 16.7 Å². The maximum absolute atomic E-state index is 14.6. The molecule has 5 heterocycles. The molecule has 14 heteroatoms. The Hall–Kier alpha value is -5.01. The predicted octanol–water partition coefficient (Wildman–Crippen LogP) is 2.90. The molecule has 1 unspecified atom stereocenters. The third-order valence-electron chi connectivity index (χ3n) is 12.1. The number of rotatable bonds is 9. The number of ether oxygens (including phenoxy) is 1. The van der Waals surface area contributed by atoms with Crippen molar-refractivity contribution in [2.75, 3.05) is 25.1 Å². The van der Waals surface area contributed by atoms with E-state index in [1.54, 1.807) is 48.1 Å². The molecule has 5 aliphatic carbocycles. The topological polar surface area (TPSA) is 161 Å². The van der Waals surface area contributed by atoms with Gasteiger partial charge in [-0.2, -0.15) is 0 Å². The van der Waals surface area contributed by atoms with Gasteiger partial charge in [0.25, 0.3) is 5.91 Å². The first kappa shape index (κ1) is 31.0. The molecule has 1 aliphatic heterocycles. The standard InChI is InChI=1S/C36H41N9O5/c1-4-24-30(42-11-12-43(26-8-7-25(26)42)34(49)29-31(47)20(2)38-19-39-29)32(48)23-14-45(22-9-10-37-28(13-22)50-3)41-33(23)44(24)15-27(46)40-36-16-35(17-36,18-36)21-5-6-21/h9-10,13-14,19,21,25-26,47H,4-8,11-12,15-18H2,1-3H3,(H,40,46)/t25-,26?,35?,36?/m0/s1. The summed E-state index contributed by atoms with van der Waals surface area (Å²) in [6.07, 6.45) is 12.6. The molecule has 1 saturated heterocycles. The Morgan fingerprint density at radius 2 is 1.86 bits per heavy atom. The fourth-order valence-corrected chi connectivity index (χ4v) is 9.48. The third-order valence-corrected chi connectivity index (χ3v) is 12.1. The number of pyridine rings is 2. The fraction of sp³-hybridized carbons (Fsp3) is 0.528. The highest BCUT2D eigenvalue weighted by Crippen LogP contribution is 2.75. The summed E-state index contributed by atoms with van der Waals surface area (Å²) in [6, 6.07) is 3.29. The number of hydrogen-bond acceptors (Lipinski definition) is 10. The van der Waals surface area contributed by atoms with Crippen molar-refractivity contribution >= 4 is 28.5 Å². The Morgan fingerprint density at radius 1 is 1.08 bits per heavy atom. The highest BCUT2D eigenvalue weighted by molar-refractivity contribution is 5.95. The quantitative estimate of drug-likeness (QED) is 0.269. The van der Waals surface area contributed by atoms with Crippen LogP contribution in [0.15, 0.2) is 35.6 Å². The van der Waals surface area contributed by atoms with Gasteiger partial charge in [0.2, 0.25) is 17.2 Å². The van der Waals surface area contributed by atoms with Crippen LogP contribution in [0.3, 0.4) is 0 Å². The number of aromatic hydroxyl groups is 1. The van der Waals surface area contributed by atoms with Crippen LogP contribution in [-0.2, 0) is 17.8 Å². The summed E-state index contributed by atoms with van der Waals surface area (Å²) in [5, 5.41) is 19.3. The summed E-state index contributed by atoms with van der Waals surface area (Å²) in [6.45, 7) is 4.45. The van der Waals surface area contributed by atoms with Crippen LogP contribution in [0.5, 0.6) is 11.6 Å². The summed E-state index contributed by atoms with van der Waals surface area (Å²) in [5.74, 6) is 0.640. The Kier molecular flexibility index (Phi) is 6.82. The van der Waals surface area contributed by atoms with Gasteiger partial charge in [-0.05, 0) is 75.7 Å². The van der Waals surface area contributed by atoms with Gasteiger partial charge in [0.05, 0.1) is 29.9 Å². The fourth-order valence-electron chi connectivity index (χ4n) is 9.48. The molecular formula is C36H41N9O5. The first-order valence-electron chi connectivity index (χ1n) is 17.7. The van der Waals surface area contributed by atoms with Gasteiger partial charge < -0.3 is 29.5 Å². The van der Waals surface area contributed by atoms with Crippen molar-refractivity contribution in [3.8, 4) is 17.3 Å². The van der Waals surface area contributed by atoms with E-state index < -0.39 is 0 Å². The molecule has 0 spiro atoms. The van der Waals surface area contributed by atoms with Crippen molar-refractivity contribution in [2.24, 2.45) is 11.3 Å². The molecule has 5 saturated carbocycles. The number of anilines is 1. The predicted molar refractivity (Wildman–Crippen MR) is 183 cm³/mol. The molecule has 6 fully saturated rings. The third kappa shape index (κ3) is 4.56. The summed E-state index contributed by atoms with van der Waals surface area (Å²) >= 11 is 0. The van der Waals surface area contributed by atoms with Gasteiger partial charge in [-0.3, -0.25) is 14.4 Å². The van der Waals surface area contributed by atoms with E-state index in [1.807, 2.05) is 11.5 Å². The van der Waals surface area contributed by atoms with E-state index in [2.05, 4.69) is 25.2 Å². The zero-order valence-electron chi connectivity index (χ0n) is 28.6. The number of carbonyl (C=O) groups is 2. The van der Waals surface area contributed by atoms with Crippen LogP contribution in [0, 0.1) is 18.3 Å². The minimum atomic E-state index is -0.339. The molecule has 2 N–H and O–H groups in total. The molecule has 4 aromatic rings. The molecule has 6 aliphatic rings. The van der Waals surface area contributed by atoms with Crippen molar-refractivity contribution in [3.05, 3.63) is 58.2 Å². The molecule has 50 heavy (non-hydrogen) atoms. The average Bonchev–Trinajstić information content (AvgIpc) is 3.81. The molecule has 10 rings (SSSR count). The number of carbonyl (C=O) groups excluding carboxylic acids is 2. The van der Waals surface area contributed by atoms with Gasteiger partial charge in [0, 0.05) is 48.8 Å². The number of nitrogens with zero attached hydrogens (tertiary/aromatic N) is 8. The Labute approximate surface area is 288 Å². The number of nitrogens with one attached hydrogen (secondary N) is 1. The minimum Gasteiger partial charge on any atom is -0.504 e. The summed E-state index contributed by atoms with van der Waals surface area (Å²) < 4.78 is 8.91. The minimum absolute atomic E-state index is 0.00689. The van der Waals surface area contributed by atoms with E-state index in [1.165, 1.54) is 19.2 Å². The number of amides is 2. The van der Waals surface area contributed by atoms with E-state index in [0.717, 1.165) is 43.7 Å². The maximum Gasteiger partial charge on any atom is 0.276 e. The second-order valence-corrected chi connectivity index (χ2v) is 15.0. The van der Waals surface area contributed by atoms with E-state index in [9.17, 15) is 19.5 Å². The van der Waals surface area contributed by atoms with E-state index in [4.69, 9.17) is 9.84 Å². The molecular weight excluding hydrogens is 638 g/mol. The molecule has 260 valence electrons. The Bertz CT molecular complexity index is 2120. The number of aromatic nitrogens is 6. The van der Waals surface area contributed by atoms with Crippen molar-refractivity contribution in [1.29, 1.82) is 0 Å². The molecule has 2 amide bonds. The highest BCUT2D eigenvalue weighted by Gasteiger charge is 2.72. The van der Waals surface area contributed by atoms with Crippen LogP contribution in [0.1, 0.15) is 73.7 Å². The lowest BCUT2D eigenvalue weighted by molar-refractivity contribution is -0.176. The van der Waals surface area contributed by atoms with Crippen molar-refractivity contribution in [3.63, 3.8) is 0 Å². The van der Waals surface area contributed by atoms with E-state index >= 15 is 0 Å². The van der Waals surface area contributed by atoms with Crippen molar-refractivity contribution < 1.29 is 19.4 Å². The first-order chi connectivity index (χ1) is 24.1. The van der Waals surface area contributed by atoms with Gasteiger partial charge in [0.15, 0.2) is 17.1 Å². The SMILES string of the molecule is CCc1c(N2CCN(C(=O)c3ncnc(C)c3O)C3CC[C@@H]32)c(=O)c2cn(-c3ccnc(OC)c3)nc2n1CC(=O)NC12CC(C3CC3)(C1)C2. The van der Waals surface area contributed by atoms with E-state index in [-0.39, 0.29) is 52.9 Å². The zero-order chi connectivity index (χ0) is 34.5. The molecule has 2 bridgehead atoms. The van der Waals surface area contributed by atoms with Crippen LogP contribution in [-0.4, -0.2) is 88.9 Å². The lowest BCUT2D eigenvalue weighted by Gasteiger charge is -2.71. The lowest BCUT2D eigenvalue weighted by atomic mass is 9.37. The van der Waals surface area contributed by atoms with Crippen molar-refractivity contribution in [1.82, 2.24) is 39.5 Å². The molecule has 14 nitrogen and oxygen atoms in total. The maximum atomic E-state index is 14.6. The van der Waals surface area contributed by atoms with Gasteiger partial charge in [-0.15, -0.1) is 5.10 Å². The number of piperazine rings is 1. The summed E-state index contributed by atoms with van der Waals surface area (Å²) in [4.78, 5) is 58.4. The number of hydrogen-bond donors (Lipinski definition) is 2. The average molecular weight is 680 g/mol. The smallest absolute Gasteiger partial charge is 0.276 e. The van der Waals surface area contributed by atoms with Crippen LogP contribution in [0.2, 0.25) is 0 Å². The van der Waals surface area contributed by atoms with Crippen LogP contribution < -0.4 is 20.4 Å². The summed E-state index contributed by atoms with van der Waals surface area (Å²) in [7, 11) is 1.55. The van der Waals surface area contributed by atoms with E-state index in [0.29, 0.717) is 58.9 Å². The van der Waals surface area contributed by atoms with Gasteiger partial charge >= 0.3 is 0 Å². The monoisotopic (exact) mass is 679 g/mol. The zero-order valence-corrected chi connectivity index (χ0v) is 28.6. The van der Waals surface area contributed by atoms with Crippen LogP contribution in [0.4, 0.5) is 5.69 Å². The highest BCUT2D eigenvalue weighted by atomic mass is 16.5. The number of methoxy groups -OCH3 is 1. The Balaban J connectivity index is 1.08. The molecule has 4 aromatic heterocycles. The van der Waals surface area contributed by atoms with Gasteiger partial charge in [0.1, 0.15) is 18.6 Å². The second-order valence-electron chi connectivity index (χ2n) is 15.0. The van der Waals surface area contributed by atoms with Gasteiger partial charge in [-0.1, -0.05) is 6.92 Å². The second kappa shape index (κ2) is 11.0. The van der Waals surface area contributed by atoms with Gasteiger partial charge in [-0.25, -0.2) is 19.6 Å². The number of aryl methyl sites for hydroxylation is 1. The molecule has 2 atom stereocenters. The first-order valence-corrected chi connectivity index (χ1v) is 17.7. The van der Waals surface area contributed by atoms with Crippen LogP contribution >= 0.6 is 0 Å². The molecule has 0 aromatic carbocycles. The lowest BCUT2D eigenvalue weighted by Crippen LogP contribution is -2.75. The largest absolute Gasteiger partial charge is 0.504 e. The summed E-state index contributed by atoms with van der Waals surface area (Å²) in [5.41, 5.74) is 2.97.